The van der Waals surface area contributed by atoms with Crippen LogP contribution in [0.2, 0.25) is 0 Å². The van der Waals surface area contributed by atoms with Gasteiger partial charge in [-0.3, -0.25) is 9.69 Å². The number of hydrogen-bond acceptors (Lipinski definition) is 5. The standard InChI is InChI=1S/C12H16N4OS/c1-8-6-13-3-4-16(8)7-10-14-9-2-5-18-11(9)12(17)15-10/h2,5,8,13H,3-4,6-7H2,1H3,(H,14,15,17)/t8-/m0/s1. The highest BCUT2D eigenvalue weighted by atomic mass is 32.1. The van der Waals surface area contributed by atoms with Crippen LogP contribution < -0.4 is 10.9 Å². The van der Waals surface area contributed by atoms with Gasteiger partial charge < -0.3 is 10.3 Å². The molecular weight excluding hydrogens is 248 g/mol. The summed E-state index contributed by atoms with van der Waals surface area (Å²) in [7, 11) is 0. The van der Waals surface area contributed by atoms with E-state index < -0.39 is 0 Å². The molecule has 6 heteroatoms. The fourth-order valence-corrected chi connectivity index (χ4v) is 3.03. The van der Waals surface area contributed by atoms with Crippen molar-refractivity contribution in [3.63, 3.8) is 0 Å². The van der Waals surface area contributed by atoms with Gasteiger partial charge in [0.15, 0.2) is 0 Å². The van der Waals surface area contributed by atoms with Crippen LogP contribution in [0.5, 0.6) is 0 Å². The lowest BCUT2D eigenvalue weighted by atomic mass is 10.2. The summed E-state index contributed by atoms with van der Waals surface area (Å²) in [6.07, 6.45) is 0. The molecule has 1 aliphatic rings. The van der Waals surface area contributed by atoms with E-state index in [4.69, 9.17) is 0 Å². The number of thiophene rings is 1. The van der Waals surface area contributed by atoms with Crippen molar-refractivity contribution in [2.45, 2.75) is 19.5 Å². The third-order valence-electron chi connectivity index (χ3n) is 3.36. The minimum absolute atomic E-state index is 0.0206. The summed E-state index contributed by atoms with van der Waals surface area (Å²) in [6, 6.07) is 2.38. The summed E-state index contributed by atoms with van der Waals surface area (Å²) < 4.78 is 0.715. The molecule has 1 fully saturated rings. The molecule has 0 radical (unpaired) electrons. The van der Waals surface area contributed by atoms with Crippen molar-refractivity contribution >= 4 is 21.6 Å². The Balaban J connectivity index is 1.87. The number of H-pyrrole nitrogens is 1. The Bertz CT molecular complexity index is 605. The minimum Gasteiger partial charge on any atom is -0.314 e. The summed E-state index contributed by atoms with van der Waals surface area (Å²) in [5.41, 5.74) is 0.786. The molecule has 0 spiro atoms. The lowest BCUT2D eigenvalue weighted by molar-refractivity contribution is 0.162. The lowest BCUT2D eigenvalue weighted by Gasteiger charge is -2.33. The Labute approximate surface area is 109 Å². The third kappa shape index (κ3) is 2.19. The number of aromatic amines is 1. The van der Waals surface area contributed by atoms with Crippen molar-refractivity contribution in [3.8, 4) is 0 Å². The number of nitrogens with zero attached hydrogens (tertiary/aromatic N) is 2. The normalized spacial score (nSPS) is 21.5. The van der Waals surface area contributed by atoms with Gasteiger partial charge in [-0.15, -0.1) is 11.3 Å². The minimum atomic E-state index is -0.0206. The molecule has 3 heterocycles. The molecule has 5 nitrogen and oxygen atoms in total. The number of rotatable bonds is 2. The summed E-state index contributed by atoms with van der Waals surface area (Å²) in [5, 5.41) is 5.26. The first-order valence-corrected chi connectivity index (χ1v) is 7.03. The summed E-state index contributed by atoms with van der Waals surface area (Å²) in [6.45, 7) is 5.88. The molecular formula is C12H16N4OS. The maximum absolute atomic E-state index is 11.9. The summed E-state index contributed by atoms with van der Waals surface area (Å²) in [4.78, 5) is 21.6. The lowest BCUT2D eigenvalue weighted by Crippen LogP contribution is -2.49. The van der Waals surface area contributed by atoms with Crippen molar-refractivity contribution in [2.24, 2.45) is 0 Å². The quantitative estimate of drug-likeness (QED) is 0.841. The number of piperazine rings is 1. The Morgan fingerprint density at radius 3 is 3.33 bits per heavy atom. The fourth-order valence-electron chi connectivity index (χ4n) is 2.31. The van der Waals surface area contributed by atoms with Crippen LogP contribution >= 0.6 is 11.3 Å². The molecule has 3 rings (SSSR count). The van der Waals surface area contributed by atoms with Crippen LogP contribution in [0, 0.1) is 0 Å². The largest absolute Gasteiger partial charge is 0.314 e. The van der Waals surface area contributed by atoms with E-state index >= 15 is 0 Å². The second-order valence-electron chi connectivity index (χ2n) is 4.67. The van der Waals surface area contributed by atoms with E-state index in [1.54, 1.807) is 0 Å². The predicted molar refractivity (Wildman–Crippen MR) is 73.0 cm³/mol. The smallest absolute Gasteiger partial charge is 0.268 e. The highest BCUT2D eigenvalue weighted by molar-refractivity contribution is 7.17. The number of aromatic nitrogens is 2. The zero-order chi connectivity index (χ0) is 12.5. The van der Waals surface area contributed by atoms with Crippen molar-refractivity contribution < 1.29 is 0 Å². The molecule has 0 aliphatic carbocycles. The van der Waals surface area contributed by atoms with E-state index in [1.807, 2.05) is 11.4 Å². The molecule has 2 N–H and O–H groups in total. The van der Waals surface area contributed by atoms with E-state index in [-0.39, 0.29) is 5.56 Å². The molecule has 0 amide bonds. The second-order valence-corrected chi connectivity index (χ2v) is 5.59. The first kappa shape index (κ1) is 11.8. The third-order valence-corrected chi connectivity index (χ3v) is 4.26. The van der Waals surface area contributed by atoms with Crippen LogP contribution in [0.3, 0.4) is 0 Å². The van der Waals surface area contributed by atoms with E-state index in [0.717, 1.165) is 31.0 Å². The topological polar surface area (TPSA) is 61.0 Å². The number of nitrogens with one attached hydrogen (secondary N) is 2. The molecule has 2 aromatic heterocycles. The molecule has 2 aromatic rings. The van der Waals surface area contributed by atoms with Gasteiger partial charge in [0.05, 0.1) is 12.1 Å². The molecule has 1 saturated heterocycles. The van der Waals surface area contributed by atoms with Gasteiger partial charge in [0, 0.05) is 25.7 Å². The van der Waals surface area contributed by atoms with E-state index in [1.165, 1.54) is 11.3 Å². The van der Waals surface area contributed by atoms with Crippen LogP contribution in [0.25, 0.3) is 10.2 Å². The highest BCUT2D eigenvalue weighted by Gasteiger charge is 2.19. The Morgan fingerprint density at radius 2 is 2.50 bits per heavy atom. The van der Waals surface area contributed by atoms with Gasteiger partial charge in [0.25, 0.3) is 5.56 Å². The van der Waals surface area contributed by atoms with Crippen molar-refractivity contribution in [3.05, 3.63) is 27.6 Å². The van der Waals surface area contributed by atoms with Gasteiger partial charge in [-0.05, 0) is 18.4 Å². The zero-order valence-corrected chi connectivity index (χ0v) is 11.1. The molecule has 1 atom stereocenters. The monoisotopic (exact) mass is 264 g/mol. The van der Waals surface area contributed by atoms with Crippen LogP contribution in [-0.4, -0.2) is 40.5 Å². The van der Waals surface area contributed by atoms with Gasteiger partial charge in [-0.1, -0.05) is 0 Å². The van der Waals surface area contributed by atoms with Gasteiger partial charge in [-0.2, -0.15) is 0 Å². The first-order chi connectivity index (χ1) is 8.74. The average Bonchev–Trinajstić information content (AvgIpc) is 2.81. The zero-order valence-electron chi connectivity index (χ0n) is 10.3. The molecule has 18 heavy (non-hydrogen) atoms. The maximum atomic E-state index is 11.9. The molecule has 1 aliphatic heterocycles. The van der Waals surface area contributed by atoms with Crippen molar-refractivity contribution in [1.82, 2.24) is 20.2 Å². The van der Waals surface area contributed by atoms with Gasteiger partial charge in [-0.25, -0.2) is 4.98 Å². The number of fused-ring (bicyclic) bond motifs is 1. The Morgan fingerprint density at radius 1 is 1.61 bits per heavy atom. The Hall–Kier alpha value is -1.24. The van der Waals surface area contributed by atoms with Crippen molar-refractivity contribution in [1.29, 1.82) is 0 Å². The molecule has 96 valence electrons. The van der Waals surface area contributed by atoms with Gasteiger partial charge in [0.1, 0.15) is 10.5 Å². The van der Waals surface area contributed by atoms with Crippen LogP contribution in [0.15, 0.2) is 16.2 Å². The number of hydrogen-bond donors (Lipinski definition) is 2. The SMILES string of the molecule is C[C@H]1CNCCN1Cc1nc2ccsc2c(=O)[nH]1. The molecule has 0 unspecified atom stereocenters. The van der Waals surface area contributed by atoms with Crippen LogP contribution in [0.1, 0.15) is 12.7 Å². The van der Waals surface area contributed by atoms with E-state index in [2.05, 4.69) is 27.1 Å². The van der Waals surface area contributed by atoms with Crippen molar-refractivity contribution in [2.75, 3.05) is 19.6 Å². The van der Waals surface area contributed by atoms with Gasteiger partial charge in [0.2, 0.25) is 0 Å². The van der Waals surface area contributed by atoms with Crippen LogP contribution in [-0.2, 0) is 6.54 Å². The van der Waals surface area contributed by atoms with Crippen LogP contribution in [0.4, 0.5) is 0 Å². The summed E-state index contributed by atoms with van der Waals surface area (Å²) >= 11 is 1.44. The fraction of sp³-hybridized carbons (Fsp3) is 0.500. The molecule has 0 saturated carbocycles. The second kappa shape index (κ2) is 4.79. The van der Waals surface area contributed by atoms with E-state index in [9.17, 15) is 4.79 Å². The molecule has 0 aromatic carbocycles. The predicted octanol–water partition coefficient (Wildman–Crippen LogP) is 0.778. The Kier molecular flexibility index (Phi) is 3.15. The average molecular weight is 264 g/mol. The molecule has 0 bridgehead atoms. The van der Waals surface area contributed by atoms with Gasteiger partial charge >= 0.3 is 0 Å². The summed E-state index contributed by atoms with van der Waals surface area (Å²) in [5.74, 6) is 0.764. The first-order valence-electron chi connectivity index (χ1n) is 6.15. The highest BCUT2D eigenvalue weighted by Crippen LogP contribution is 2.14. The maximum Gasteiger partial charge on any atom is 0.268 e. The van der Waals surface area contributed by atoms with E-state index in [0.29, 0.717) is 17.3 Å².